The van der Waals surface area contributed by atoms with Crippen LogP contribution in [0.2, 0.25) is 15.1 Å². The number of sulfonamides is 1. The van der Waals surface area contributed by atoms with Gasteiger partial charge in [-0.1, -0.05) is 46.9 Å². The number of hydrogen-bond acceptors (Lipinski definition) is 4. The van der Waals surface area contributed by atoms with Gasteiger partial charge in [0.15, 0.2) is 0 Å². The summed E-state index contributed by atoms with van der Waals surface area (Å²) in [6.45, 7) is 4.16. The lowest BCUT2D eigenvalue weighted by Crippen LogP contribution is -2.51. The lowest BCUT2D eigenvalue weighted by atomic mass is 10.1. The fourth-order valence-electron chi connectivity index (χ4n) is 3.50. The van der Waals surface area contributed by atoms with E-state index in [2.05, 4.69) is 4.90 Å². The molecule has 1 saturated heterocycles. The fourth-order valence-corrected chi connectivity index (χ4v) is 4.72. The Hall–Kier alpha value is -1.51. The fraction of sp³-hybridized carbons (Fsp3) is 0.381. The number of rotatable bonds is 6. The summed E-state index contributed by atoms with van der Waals surface area (Å²) >= 11 is 18.1. The predicted octanol–water partition coefficient (Wildman–Crippen LogP) is 4.07. The first-order valence-electron chi connectivity index (χ1n) is 9.72. The molecule has 6 nitrogen and oxygen atoms in total. The highest BCUT2D eigenvalue weighted by molar-refractivity contribution is 7.88. The number of aryl methyl sites for hydroxylation is 1. The van der Waals surface area contributed by atoms with Gasteiger partial charge in [0, 0.05) is 43.4 Å². The molecule has 0 aromatic heterocycles. The molecule has 1 aliphatic rings. The minimum Gasteiger partial charge on any atom is -0.368 e. The first-order valence-corrected chi connectivity index (χ1v) is 12.7. The Kier molecular flexibility index (Phi) is 7.76. The highest BCUT2D eigenvalue weighted by Crippen LogP contribution is 2.26. The van der Waals surface area contributed by atoms with Crippen LogP contribution in [0.3, 0.4) is 0 Å². The molecule has 1 aliphatic heterocycles. The number of piperazine rings is 1. The van der Waals surface area contributed by atoms with Gasteiger partial charge in [-0.15, -0.1) is 0 Å². The Morgan fingerprint density at radius 3 is 2.29 bits per heavy atom. The Morgan fingerprint density at radius 2 is 1.68 bits per heavy atom. The van der Waals surface area contributed by atoms with Crippen molar-refractivity contribution < 1.29 is 13.2 Å². The zero-order chi connectivity index (χ0) is 22.8. The van der Waals surface area contributed by atoms with Crippen molar-refractivity contribution in [3.8, 4) is 0 Å². The van der Waals surface area contributed by atoms with E-state index in [-0.39, 0.29) is 19.0 Å². The Labute approximate surface area is 198 Å². The monoisotopic (exact) mass is 503 g/mol. The molecule has 0 N–H and O–H groups in total. The SMILES string of the molecule is Cc1ccc(Cl)cc1N1CCN(C(=O)CN(Cc2ccc(Cl)c(Cl)c2)S(C)(=O)=O)CC1. The van der Waals surface area contributed by atoms with Gasteiger partial charge in [0.05, 0.1) is 22.8 Å². The third-order valence-electron chi connectivity index (χ3n) is 5.27. The standard InChI is InChI=1S/C21H24Cl3N3O3S/c1-15-3-5-17(22)12-20(15)25-7-9-26(10-8-25)21(28)14-27(31(2,29)30)13-16-4-6-18(23)19(24)11-16/h3-6,11-12H,7-10,13-14H2,1-2H3. The molecule has 3 rings (SSSR count). The molecule has 0 radical (unpaired) electrons. The normalized spacial score (nSPS) is 14.9. The van der Waals surface area contributed by atoms with Crippen molar-refractivity contribution in [2.75, 3.05) is 43.9 Å². The maximum absolute atomic E-state index is 12.9. The van der Waals surface area contributed by atoms with Gasteiger partial charge < -0.3 is 9.80 Å². The van der Waals surface area contributed by atoms with Gasteiger partial charge in [0.1, 0.15) is 0 Å². The molecule has 1 fully saturated rings. The quantitative estimate of drug-likeness (QED) is 0.595. The lowest BCUT2D eigenvalue weighted by molar-refractivity contribution is -0.131. The van der Waals surface area contributed by atoms with E-state index in [1.807, 2.05) is 25.1 Å². The van der Waals surface area contributed by atoms with Crippen LogP contribution in [0.1, 0.15) is 11.1 Å². The number of nitrogens with zero attached hydrogens (tertiary/aromatic N) is 3. The van der Waals surface area contributed by atoms with Crippen molar-refractivity contribution in [2.45, 2.75) is 13.5 Å². The minimum absolute atomic E-state index is 0.0448. The molecule has 1 amide bonds. The predicted molar refractivity (Wildman–Crippen MR) is 127 cm³/mol. The van der Waals surface area contributed by atoms with Crippen LogP contribution in [0.15, 0.2) is 36.4 Å². The molecule has 0 atom stereocenters. The first-order chi connectivity index (χ1) is 14.5. The van der Waals surface area contributed by atoms with E-state index in [4.69, 9.17) is 34.8 Å². The van der Waals surface area contributed by atoms with Crippen LogP contribution in [-0.2, 0) is 21.4 Å². The van der Waals surface area contributed by atoms with Gasteiger partial charge in [-0.05, 0) is 42.3 Å². The molecular formula is C21H24Cl3N3O3S. The van der Waals surface area contributed by atoms with E-state index in [1.54, 1.807) is 23.1 Å². The average molecular weight is 505 g/mol. The third kappa shape index (κ3) is 6.26. The van der Waals surface area contributed by atoms with Crippen LogP contribution in [0.5, 0.6) is 0 Å². The minimum atomic E-state index is -3.60. The molecule has 2 aromatic rings. The molecule has 31 heavy (non-hydrogen) atoms. The average Bonchev–Trinajstić information content (AvgIpc) is 2.71. The number of carbonyl (C=O) groups is 1. The van der Waals surface area contributed by atoms with Crippen molar-refractivity contribution in [1.82, 2.24) is 9.21 Å². The lowest BCUT2D eigenvalue weighted by Gasteiger charge is -2.37. The van der Waals surface area contributed by atoms with Crippen LogP contribution in [-0.4, -0.2) is 62.5 Å². The molecule has 0 unspecified atom stereocenters. The van der Waals surface area contributed by atoms with Crippen molar-refractivity contribution in [2.24, 2.45) is 0 Å². The molecule has 10 heteroatoms. The highest BCUT2D eigenvalue weighted by atomic mass is 35.5. The number of carbonyl (C=O) groups excluding carboxylic acids is 1. The third-order valence-corrected chi connectivity index (χ3v) is 7.44. The zero-order valence-electron chi connectivity index (χ0n) is 17.3. The van der Waals surface area contributed by atoms with Gasteiger partial charge in [0.25, 0.3) is 0 Å². The number of halogens is 3. The maximum atomic E-state index is 12.9. The summed E-state index contributed by atoms with van der Waals surface area (Å²) in [6, 6.07) is 10.7. The van der Waals surface area contributed by atoms with Crippen LogP contribution in [0.25, 0.3) is 0 Å². The van der Waals surface area contributed by atoms with Crippen LogP contribution in [0, 0.1) is 6.92 Å². The molecule has 2 aromatic carbocycles. The van der Waals surface area contributed by atoms with E-state index >= 15 is 0 Å². The van der Waals surface area contributed by atoms with Gasteiger partial charge in [-0.3, -0.25) is 4.79 Å². The van der Waals surface area contributed by atoms with Crippen molar-refractivity contribution in [3.05, 3.63) is 62.6 Å². The second-order valence-corrected chi connectivity index (χ2v) is 10.8. The summed E-state index contributed by atoms with van der Waals surface area (Å²) in [4.78, 5) is 16.8. The van der Waals surface area contributed by atoms with Gasteiger partial charge in [0.2, 0.25) is 15.9 Å². The molecule has 1 heterocycles. The van der Waals surface area contributed by atoms with E-state index < -0.39 is 10.0 Å². The summed E-state index contributed by atoms with van der Waals surface area (Å²) < 4.78 is 25.7. The number of benzene rings is 2. The molecule has 0 spiro atoms. The van der Waals surface area contributed by atoms with E-state index in [9.17, 15) is 13.2 Å². The van der Waals surface area contributed by atoms with Crippen LogP contribution < -0.4 is 4.90 Å². The molecule has 168 valence electrons. The van der Waals surface area contributed by atoms with E-state index in [1.165, 1.54) is 0 Å². The number of anilines is 1. The summed E-state index contributed by atoms with van der Waals surface area (Å²) in [5, 5.41) is 1.40. The van der Waals surface area contributed by atoms with E-state index in [0.29, 0.717) is 46.8 Å². The number of amides is 1. The first kappa shape index (κ1) is 24.1. The van der Waals surface area contributed by atoms with Gasteiger partial charge in [-0.2, -0.15) is 4.31 Å². The molecular weight excluding hydrogens is 481 g/mol. The number of hydrogen-bond donors (Lipinski definition) is 0. The topological polar surface area (TPSA) is 60.9 Å². The van der Waals surface area contributed by atoms with E-state index in [0.717, 1.165) is 21.8 Å². The maximum Gasteiger partial charge on any atom is 0.238 e. The van der Waals surface area contributed by atoms with Crippen molar-refractivity contribution in [1.29, 1.82) is 0 Å². The zero-order valence-corrected chi connectivity index (χ0v) is 20.4. The second-order valence-electron chi connectivity index (χ2n) is 7.58. The summed E-state index contributed by atoms with van der Waals surface area (Å²) in [5.74, 6) is -0.229. The molecule has 0 aliphatic carbocycles. The largest absolute Gasteiger partial charge is 0.368 e. The summed E-state index contributed by atoms with van der Waals surface area (Å²) in [6.07, 6.45) is 1.09. The molecule has 0 bridgehead atoms. The van der Waals surface area contributed by atoms with Gasteiger partial charge >= 0.3 is 0 Å². The summed E-state index contributed by atoms with van der Waals surface area (Å²) in [5.41, 5.74) is 2.83. The Morgan fingerprint density at radius 1 is 1.00 bits per heavy atom. The smallest absolute Gasteiger partial charge is 0.238 e. The summed E-state index contributed by atoms with van der Waals surface area (Å²) in [7, 11) is -3.60. The Bertz CT molecular complexity index is 1070. The van der Waals surface area contributed by atoms with Gasteiger partial charge in [-0.25, -0.2) is 8.42 Å². The van der Waals surface area contributed by atoms with Crippen LogP contribution >= 0.6 is 34.8 Å². The van der Waals surface area contributed by atoms with Crippen LogP contribution in [0.4, 0.5) is 5.69 Å². The highest BCUT2D eigenvalue weighted by Gasteiger charge is 2.27. The van der Waals surface area contributed by atoms with Crippen molar-refractivity contribution >= 4 is 56.4 Å². The molecule has 0 saturated carbocycles. The van der Waals surface area contributed by atoms with Crippen molar-refractivity contribution in [3.63, 3.8) is 0 Å². The second kappa shape index (κ2) is 9.96. The Balaban J connectivity index is 1.64.